The molecule has 0 saturated carbocycles. The van der Waals surface area contributed by atoms with Gasteiger partial charge in [-0.05, 0) is 31.6 Å². The molecule has 1 atom stereocenters. The van der Waals surface area contributed by atoms with Gasteiger partial charge in [0.1, 0.15) is 6.10 Å². The number of hydrogen-bond acceptors (Lipinski definition) is 6. The van der Waals surface area contributed by atoms with Crippen molar-refractivity contribution in [1.82, 2.24) is 25.5 Å². The molecule has 2 aromatic rings. The lowest BCUT2D eigenvalue weighted by Crippen LogP contribution is -2.39. The standard InChI is InChI=1S/C21H28N6O3/c1-26(2)10-5-8-19(28)27-11-9-17(14-27)30-20-18-7-4-3-6-15(18)12-16(24-20)13-23-21(29)25-22/h3-8,12,17H,9-11,13-14,22H2,1-2H3,(H2,23,25,29). The summed E-state index contributed by atoms with van der Waals surface area (Å²) in [6, 6.07) is 9.20. The van der Waals surface area contributed by atoms with Gasteiger partial charge in [-0.25, -0.2) is 15.6 Å². The number of nitrogens with zero attached hydrogens (tertiary/aromatic N) is 3. The number of nitrogens with one attached hydrogen (secondary N) is 2. The Balaban J connectivity index is 1.70. The highest BCUT2D eigenvalue weighted by Crippen LogP contribution is 2.27. The summed E-state index contributed by atoms with van der Waals surface area (Å²) >= 11 is 0. The van der Waals surface area contributed by atoms with Crippen LogP contribution >= 0.6 is 0 Å². The van der Waals surface area contributed by atoms with Crippen molar-refractivity contribution < 1.29 is 14.3 Å². The molecule has 1 fully saturated rings. The van der Waals surface area contributed by atoms with Crippen molar-refractivity contribution in [2.45, 2.75) is 19.1 Å². The fourth-order valence-electron chi connectivity index (χ4n) is 3.27. The summed E-state index contributed by atoms with van der Waals surface area (Å²) in [4.78, 5) is 32.1. The Morgan fingerprint density at radius 2 is 2.17 bits per heavy atom. The van der Waals surface area contributed by atoms with Crippen molar-refractivity contribution in [3.63, 3.8) is 0 Å². The van der Waals surface area contributed by atoms with Crippen molar-refractivity contribution in [2.24, 2.45) is 5.84 Å². The molecular formula is C21H28N6O3. The van der Waals surface area contributed by atoms with E-state index in [1.165, 1.54) is 0 Å². The Kier molecular flexibility index (Phi) is 7.21. The maximum absolute atomic E-state index is 12.4. The summed E-state index contributed by atoms with van der Waals surface area (Å²) in [6.45, 7) is 2.10. The molecule has 0 bridgehead atoms. The van der Waals surface area contributed by atoms with Gasteiger partial charge in [-0.3, -0.25) is 10.2 Å². The molecule has 0 aliphatic carbocycles. The normalized spacial score (nSPS) is 16.4. The highest BCUT2D eigenvalue weighted by molar-refractivity contribution is 5.88. The van der Waals surface area contributed by atoms with E-state index in [0.717, 1.165) is 23.7 Å². The van der Waals surface area contributed by atoms with E-state index >= 15 is 0 Å². The number of likely N-dealkylation sites (tertiary alicyclic amines) is 1. The smallest absolute Gasteiger partial charge is 0.329 e. The van der Waals surface area contributed by atoms with Crippen LogP contribution in [-0.4, -0.2) is 66.6 Å². The maximum Gasteiger partial charge on any atom is 0.329 e. The molecule has 3 rings (SSSR count). The zero-order valence-corrected chi connectivity index (χ0v) is 17.3. The summed E-state index contributed by atoms with van der Waals surface area (Å²) in [6.07, 6.45) is 4.08. The van der Waals surface area contributed by atoms with E-state index in [0.29, 0.717) is 24.7 Å². The Labute approximate surface area is 175 Å². The van der Waals surface area contributed by atoms with Crippen molar-refractivity contribution in [1.29, 1.82) is 0 Å². The van der Waals surface area contributed by atoms with E-state index in [4.69, 9.17) is 10.6 Å². The van der Waals surface area contributed by atoms with Crippen LogP contribution in [-0.2, 0) is 11.3 Å². The first-order valence-electron chi connectivity index (χ1n) is 9.86. The van der Waals surface area contributed by atoms with Gasteiger partial charge in [0.15, 0.2) is 0 Å². The minimum absolute atomic E-state index is 0.00786. The largest absolute Gasteiger partial charge is 0.472 e. The van der Waals surface area contributed by atoms with Gasteiger partial charge in [0.2, 0.25) is 11.8 Å². The first kappa shape index (κ1) is 21.5. The second-order valence-corrected chi connectivity index (χ2v) is 7.44. The fourth-order valence-corrected chi connectivity index (χ4v) is 3.27. The number of hydrazine groups is 1. The van der Waals surface area contributed by atoms with Crippen LogP contribution in [0.15, 0.2) is 42.5 Å². The highest BCUT2D eigenvalue weighted by Gasteiger charge is 2.27. The molecule has 1 aliphatic heterocycles. The Morgan fingerprint density at radius 3 is 2.93 bits per heavy atom. The summed E-state index contributed by atoms with van der Waals surface area (Å²) in [5, 5.41) is 4.48. The van der Waals surface area contributed by atoms with Crippen LogP contribution in [0, 0.1) is 0 Å². The van der Waals surface area contributed by atoms with Gasteiger partial charge in [0.25, 0.3) is 0 Å². The Hall–Kier alpha value is -3.17. The number of pyridine rings is 1. The zero-order valence-electron chi connectivity index (χ0n) is 17.3. The van der Waals surface area contributed by atoms with Gasteiger partial charge in [-0.1, -0.05) is 24.3 Å². The number of hydrogen-bond donors (Lipinski definition) is 3. The van der Waals surface area contributed by atoms with Crippen molar-refractivity contribution in [3.05, 3.63) is 48.2 Å². The van der Waals surface area contributed by atoms with Crippen LogP contribution in [0.1, 0.15) is 12.1 Å². The molecule has 0 spiro atoms. The molecule has 1 unspecified atom stereocenters. The summed E-state index contributed by atoms with van der Waals surface area (Å²) in [5.41, 5.74) is 2.68. The van der Waals surface area contributed by atoms with E-state index in [2.05, 4.69) is 10.3 Å². The second-order valence-electron chi connectivity index (χ2n) is 7.44. The summed E-state index contributed by atoms with van der Waals surface area (Å²) in [7, 11) is 3.91. The van der Waals surface area contributed by atoms with E-state index in [-0.39, 0.29) is 18.6 Å². The molecule has 9 nitrogen and oxygen atoms in total. The van der Waals surface area contributed by atoms with Crippen LogP contribution in [0.4, 0.5) is 4.79 Å². The summed E-state index contributed by atoms with van der Waals surface area (Å²) < 4.78 is 6.20. The molecule has 1 saturated heterocycles. The Morgan fingerprint density at radius 1 is 1.37 bits per heavy atom. The van der Waals surface area contributed by atoms with Crippen LogP contribution in [0.25, 0.3) is 10.8 Å². The predicted molar refractivity (Wildman–Crippen MR) is 115 cm³/mol. The molecule has 1 aromatic carbocycles. The SMILES string of the molecule is CN(C)CC=CC(=O)N1CCC(Oc2nc(CNC(=O)NN)cc3ccccc23)C1. The number of carbonyl (C=O) groups excluding carboxylic acids is 2. The van der Waals surface area contributed by atoms with Crippen LogP contribution in [0.5, 0.6) is 5.88 Å². The second kappa shape index (κ2) is 10.0. The number of aromatic nitrogens is 1. The van der Waals surface area contributed by atoms with E-state index in [9.17, 15) is 9.59 Å². The van der Waals surface area contributed by atoms with E-state index in [1.54, 1.807) is 11.0 Å². The molecule has 0 radical (unpaired) electrons. The number of urea groups is 1. The number of benzene rings is 1. The predicted octanol–water partition coefficient (Wildman–Crippen LogP) is 1.01. The number of rotatable bonds is 7. The van der Waals surface area contributed by atoms with Crippen molar-refractivity contribution in [3.8, 4) is 5.88 Å². The fraction of sp³-hybridized carbons (Fsp3) is 0.381. The van der Waals surface area contributed by atoms with Crippen LogP contribution in [0.2, 0.25) is 0 Å². The third-order valence-electron chi connectivity index (χ3n) is 4.79. The Bertz CT molecular complexity index is 930. The number of ether oxygens (including phenoxy) is 1. The van der Waals surface area contributed by atoms with Gasteiger partial charge >= 0.3 is 6.03 Å². The van der Waals surface area contributed by atoms with E-state index in [1.807, 2.05) is 60.8 Å². The number of carbonyl (C=O) groups is 2. The van der Waals surface area contributed by atoms with Crippen LogP contribution < -0.4 is 21.3 Å². The molecule has 1 aromatic heterocycles. The molecule has 30 heavy (non-hydrogen) atoms. The minimum Gasteiger partial charge on any atom is -0.472 e. The molecule has 2 heterocycles. The third-order valence-corrected chi connectivity index (χ3v) is 4.79. The molecule has 4 N–H and O–H groups in total. The first-order chi connectivity index (χ1) is 14.5. The lowest BCUT2D eigenvalue weighted by Gasteiger charge is -2.17. The van der Waals surface area contributed by atoms with Gasteiger partial charge in [-0.2, -0.15) is 0 Å². The van der Waals surface area contributed by atoms with Gasteiger partial charge in [-0.15, -0.1) is 0 Å². The lowest BCUT2D eigenvalue weighted by atomic mass is 10.1. The minimum atomic E-state index is -0.486. The van der Waals surface area contributed by atoms with Crippen molar-refractivity contribution in [2.75, 3.05) is 33.7 Å². The first-order valence-corrected chi connectivity index (χ1v) is 9.86. The average Bonchev–Trinajstić information content (AvgIpc) is 3.20. The molecule has 160 valence electrons. The molecule has 9 heteroatoms. The lowest BCUT2D eigenvalue weighted by molar-refractivity contribution is -0.125. The number of likely N-dealkylation sites (N-methyl/N-ethyl adjacent to an activating group) is 1. The molecular weight excluding hydrogens is 384 g/mol. The maximum atomic E-state index is 12.4. The molecule has 1 aliphatic rings. The topological polar surface area (TPSA) is 113 Å². The van der Waals surface area contributed by atoms with Crippen LogP contribution in [0.3, 0.4) is 0 Å². The van der Waals surface area contributed by atoms with Gasteiger partial charge < -0.3 is 19.9 Å². The quantitative estimate of drug-likeness (QED) is 0.271. The molecule has 3 amide bonds. The van der Waals surface area contributed by atoms with E-state index < -0.39 is 6.03 Å². The summed E-state index contributed by atoms with van der Waals surface area (Å²) in [5.74, 6) is 5.59. The number of fused-ring (bicyclic) bond motifs is 1. The monoisotopic (exact) mass is 412 g/mol. The highest BCUT2D eigenvalue weighted by atomic mass is 16.5. The number of nitrogens with two attached hydrogens (primary N) is 1. The third kappa shape index (κ3) is 5.68. The van der Waals surface area contributed by atoms with Gasteiger partial charge in [0, 0.05) is 31.0 Å². The number of amides is 3. The average molecular weight is 412 g/mol. The van der Waals surface area contributed by atoms with Crippen molar-refractivity contribution >= 4 is 22.7 Å². The zero-order chi connectivity index (χ0) is 21.5. The van der Waals surface area contributed by atoms with Gasteiger partial charge in [0.05, 0.1) is 18.8 Å².